The third-order valence-corrected chi connectivity index (χ3v) is 9.56. The Hall–Kier alpha value is -2.48. The summed E-state index contributed by atoms with van der Waals surface area (Å²) in [5.41, 5.74) is 5.40. The Morgan fingerprint density at radius 3 is 2.60 bits per heavy atom. The average Bonchev–Trinajstić information content (AvgIpc) is 3.52. The van der Waals surface area contributed by atoms with Gasteiger partial charge in [-0.2, -0.15) is 10.2 Å². The Bertz CT molecular complexity index is 1280. The van der Waals surface area contributed by atoms with Crippen LogP contribution in [0.15, 0.2) is 47.6 Å². The lowest BCUT2D eigenvalue weighted by Gasteiger charge is -2.32. The molecule has 4 rings (SSSR count). The summed E-state index contributed by atoms with van der Waals surface area (Å²) < 4.78 is 38.6. The van der Waals surface area contributed by atoms with Crippen molar-refractivity contribution in [3.05, 3.63) is 53.9 Å². The largest absolute Gasteiger partial charge is 0.464 e. The molecular formula is C27H39ClN5O8P. The van der Waals surface area contributed by atoms with E-state index in [9.17, 15) is 19.6 Å². The third kappa shape index (κ3) is 7.00. The van der Waals surface area contributed by atoms with Crippen LogP contribution in [0.5, 0.6) is 5.75 Å². The number of benzene rings is 1. The monoisotopic (exact) mass is 627 g/mol. The summed E-state index contributed by atoms with van der Waals surface area (Å²) in [6, 6.07) is 10.6. The van der Waals surface area contributed by atoms with Crippen LogP contribution in [0.1, 0.15) is 57.3 Å². The van der Waals surface area contributed by atoms with Gasteiger partial charge in [0.1, 0.15) is 48.2 Å². The van der Waals surface area contributed by atoms with E-state index in [4.69, 9.17) is 35.9 Å². The van der Waals surface area contributed by atoms with Crippen molar-refractivity contribution in [3.8, 4) is 5.75 Å². The third-order valence-electron chi connectivity index (χ3n) is 7.48. The van der Waals surface area contributed by atoms with Gasteiger partial charge in [-0.25, -0.2) is 9.24 Å². The molecule has 0 aliphatic carbocycles. The molecule has 15 heteroatoms. The van der Waals surface area contributed by atoms with Crippen LogP contribution < -0.4 is 20.7 Å². The number of aliphatic hydroxyl groups excluding tert-OH is 2. The Kier molecular flexibility index (Phi) is 10.7. The van der Waals surface area contributed by atoms with Crippen LogP contribution in [-0.4, -0.2) is 70.1 Å². The van der Waals surface area contributed by atoms with Crippen LogP contribution in [0.25, 0.3) is 0 Å². The highest BCUT2D eigenvalue weighted by Gasteiger charge is 2.56. The molecule has 0 radical (unpaired) electrons. The maximum atomic E-state index is 14.0. The summed E-state index contributed by atoms with van der Waals surface area (Å²) in [4.78, 5) is 12.7. The number of carbonyl (C=O) groups excluding carboxylic acids is 1. The minimum atomic E-state index is -4.31. The number of ether oxygens (including phenoxy) is 2. The second-order valence-corrected chi connectivity index (χ2v) is 12.4. The summed E-state index contributed by atoms with van der Waals surface area (Å²) in [6.07, 6.45) is -1.47. The summed E-state index contributed by atoms with van der Waals surface area (Å²) in [5.74, 6) is -0.553. The summed E-state index contributed by atoms with van der Waals surface area (Å²) in [5, 5.41) is 31.9. The summed E-state index contributed by atoms with van der Waals surface area (Å²) in [6.45, 7) is 5.17. The van der Waals surface area contributed by atoms with Crippen LogP contribution in [-0.2, 0) is 23.4 Å². The van der Waals surface area contributed by atoms with Crippen LogP contribution >= 0.6 is 19.3 Å². The van der Waals surface area contributed by atoms with E-state index in [-0.39, 0.29) is 24.2 Å². The van der Waals surface area contributed by atoms with Gasteiger partial charge in [0.15, 0.2) is 0 Å². The van der Waals surface area contributed by atoms with Crippen LogP contribution in [0, 0.1) is 5.92 Å². The van der Waals surface area contributed by atoms with Gasteiger partial charge >= 0.3 is 13.7 Å². The zero-order valence-electron chi connectivity index (χ0n) is 23.8. The predicted octanol–water partition coefficient (Wildman–Crippen LogP) is 2.77. The van der Waals surface area contributed by atoms with Gasteiger partial charge in [-0.1, -0.05) is 44.9 Å². The molecule has 0 bridgehead atoms. The zero-order valence-corrected chi connectivity index (χ0v) is 25.4. The van der Waals surface area contributed by atoms with Gasteiger partial charge in [0.05, 0.1) is 30.5 Å². The standard InChI is InChI=1S/C27H39ClN5O8P/c1-4-18(5-2)13-38-26(36)17(3)32-42(37,41-19-9-7-6-8-10-19)39-15-27(14-28)24(35)22(34)23(40-27)20-11-12-21-25(29)30-16-31-33(20)21/h6-12,16-18,22-25,34-35H,4-5,13-15,29H2,1-3H3,(H,30,31)(H,32,37)/t17-,22-,23-,24-,25?,27+,42?/m0/s1. The maximum absolute atomic E-state index is 14.0. The van der Waals surface area contributed by atoms with E-state index in [2.05, 4.69) is 15.5 Å². The fraction of sp³-hybridized carbons (Fsp3) is 0.556. The lowest BCUT2D eigenvalue weighted by Crippen LogP contribution is -2.49. The molecule has 0 spiro atoms. The van der Waals surface area contributed by atoms with Crippen molar-refractivity contribution in [1.29, 1.82) is 0 Å². The summed E-state index contributed by atoms with van der Waals surface area (Å²) >= 11 is 6.29. The number of nitrogens with one attached hydrogen (secondary N) is 2. The highest BCUT2D eigenvalue weighted by molar-refractivity contribution is 7.52. The number of aromatic nitrogens is 1. The van der Waals surface area contributed by atoms with E-state index in [1.807, 2.05) is 13.8 Å². The number of aliphatic hydroxyl groups is 2. The number of hydrogen-bond acceptors (Lipinski definition) is 11. The van der Waals surface area contributed by atoms with Crippen LogP contribution in [0.2, 0.25) is 0 Å². The highest BCUT2D eigenvalue weighted by atomic mass is 35.5. The normalized spacial score (nSPS) is 27.2. The van der Waals surface area contributed by atoms with Crippen molar-refractivity contribution in [3.63, 3.8) is 0 Å². The van der Waals surface area contributed by atoms with Crippen molar-refractivity contribution < 1.29 is 38.1 Å². The predicted molar refractivity (Wildman–Crippen MR) is 156 cm³/mol. The number of nitrogens with two attached hydrogens (primary N) is 1. The number of alkyl halides is 1. The van der Waals surface area contributed by atoms with Crippen molar-refractivity contribution in [2.24, 2.45) is 16.8 Å². The van der Waals surface area contributed by atoms with Gasteiger partial charge in [-0.15, -0.1) is 11.6 Å². The van der Waals surface area contributed by atoms with Gasteiger partial charge in [-0.3, -0.25) is 9.32 Å². The highest BCUT2D eigenvalue weighted by Crippen LogP contribution is 2.49. The number of fused-ring (bicyclic) bond motifs is 1. The van der Waals surface area contributed by atoms with E-state index in [1.165, 1.54) is 17.9 Å². The molecule has 232 valence electrons. The van der Waals surface area contributed by atoms with E-state index in [1.54, 1.807) is 42.5 Å². The molecule has 0 amide bonds. The van der Waals surface area contributed by atoms with E-state index >= 15 is 0 Å². The molecule has 1 aromatic carbocycles. The maximum Gasteiger partial charge on any atom is 0.459 e. The molecule has 2 aliphatic rings. The number of nitrogens with zero attached hydrogens (tertiary/aromatic N) is 2. The van der Waals surface area contributed by atoms with Crippen LogP contribution in [0.3, 0.4) is 0 Å². The fourth-order valence-corrected chi connectivity index (χ4v) is 6.56. The Labute approximate surface area is 249 Å². The zero-order chi connectivity index (χ0) is 30.5. The Morgan fingerprint density at radius 1 is 1.24 bits per heavy atom. The number of halogens is 1. The van der Waals surface area contributed by atoms with Gasteiger partial charge in [0, 0.05) is 0 Å². The first-order valence-electron chi connectivity index (χ1n) is 13.9. The smallest absolute Gasteiger partial charge is 0.459 e. The number of rotatable bonds is 14. The minimum Gasteiger partial charge on any atom is -0.464 e. The molecule has 3 heterocycles. The molecule has 42 heavy (non-hydrogen) atoms. The van der Waals surface area contributed by atoms with Crippen LogP contribution in [0.4, 0.5) is 0 Å². The average molecular weight is 628 g/mol. The van der Waals surface area contributed by atoms with Crippen molar-refractivity contribution in [2.45, 2.75) is 69.7 Å². The summed E-state index contributed by atoms with van der Waals surface area (Å²) in [7, 11) is -4.31. The molecular weight excluding hydrogens is 589 g/mol. The molecule has 13 nitrogen and oxygen atoms in total. The molecule has 1 fully saturated rings. The number of carbonyl (C=O) groups is 1. The molecule has 2 aromatic rings. The fourth-order valence-electron chi connectivity index (χ4n) is 4.72. The van der Waals surface area contributed by atoms with Gasteiger partial charge in [0.2, 0.25) is 0 Å². The lowest BCUT2D eigenvalue weighted by atomic mass is 9.96. The molecule has 2 aliphatic heterocycles. The van der Waals surface area contributed by atoms with Gasteiger partial charge < -0.3 is 35.3 Å². The second-order valence-electron chi connectivity index (χ2n) is 10.4. The van der Waals surface area contributed by atoms with Crippen molar-refractivity contribution >= 4 is 31.7 Å². The first kappa shape index (κ1) is 32.4. The molecule has 7 atom stereocenters. The van der Waals surface area contributed by atoms with Crippen molar-refractivity contribution in [2.75, 3.05) is 19.1 Å². The Morgan fingerprint density at radius 2 is 1.93 bits per heavy atom. The molecule has 1 aromatic heterocycles. The SMILES string of the molecule is CCC(CC)COC(=O)[C@H](C)NP(=O)(OC[C@@]1(CCl)O[C@@H](c2ccc3n2N=CNC3N)[C@H](O)[C@@H]1O)Oc1ccccc1. The second kappa shape index (κ2) is 13.9. The van der Waals surface area contributed by atoms with Gasteiger partial charge in [0.25, 0.3) is 0 Å². The van der Waals surface area contributed by atoms with E-state index in [0.717, 1.165) is 12.8 Å². The van der Waals surface area contributed by atoms with Gasteiger partial charge in [-0.05, 0) is 37.1 Å². The van der Waals surface area contributed by atoms with E-state index in [0.29, 0.717) is 11.4 Å². The topological polar surface area (TPSA) is 179 Å². The molecule has 1 saturated heterocycles. The number of esters is 1. The Balaban J connectivity index is 1.53. The number of para-hydroxylation sites is 1. The first-order chi connectivity index (χ1) is 20.1. The quantitative estimate of drug-likeness (QED) is 0.118. The van der Waals surface area contributed by atoms with Crippen molar-refractivity contribution in [1.82, 2.24) is 15.1 Å². The molecule has 2 unspecified atom stereocenters. The molecule has 6 N–H and O–H groups in total. The lowest BCUT2D eigenvalue weighted by molar-refractivity contribution is -0.146. The number of hydrogen-bond donors (Lipinski definition) is 5. The van der Waals surface area contributed by atoms with E-state index < -0.39 is 56.4 Å². The minimum absolute atomic E-state index is 0.206. The molecule has 0 saturated carbocycles. The first-order valence-corrected chi connectivity index (χ1v) is 15.9.